The number of carbonyl (C=O) groups is 4. The van der Waals surface area contributed by atoms with Crippen molar-refractivity contribution >= 4 is 23.6 Å². The molecule has 1 N–H and O–H groups in total. The van der Waals surface area contributed by atoms with Crippen LogP contribution in [0.4, 0.5) is 0 Å². The molecule has 4 rings (SSSR count). The Bertz CT molecular complexity index is 1040. The molecule has 7 nitrogen and oxygen atoms in total. The van der Waals surface area contributed by atoms with Gasteiger partial charge in [-0.3, -0.25) is 24.1 Å². The maximum atomic E-state index is 12.7. The lowest BCUT2D eigenvalue weighted by Gasteiger charge is -2.33. The van der Waals surface area contributed by atoms with Crippen LogP contribution in [-0.2, 0) is 4.79 Å². The standard InChI is InChI=1S/C24H25N3O4/c1-15-7-8-17(13-16(15)2)22(29)25-18-9-11-26(12-10-18)21(28)14-27-23(30)19-5-3-4-6-20(19)24(27)31/h3-8,13,18H,9-12,14H2,1-2H3,(H,25,29). The van der Waals surface area contributed by atoms with Crippen LogP contribution in [0.5, 0.6) is 0 Å². The number of benzene rings is 2. The summed E-state index contributed by atoms with van der Waals surface area (Å²) in [5.41, 5.74) is 3.52. The van der Waals surface area contributed by atoms with Crippen molar-refractivity contribution in [2.45, 2.75) is 32.7 Å². The molecule has 0 saturated carbocycles. The van der Waals surface area contributed by atoms with Crippen LogP contribution < -0.4 is 5.32 Å². The lowest BCUT2D eigenvalue weighted by Crippen LogP contribution is -2.49. The van der Waals surface area contributed by atoms with E-state index in [1.807, 2.05) is 32.0 Å². The summed E-state index contributed by atoms with van der Waals surface area (Å²) >= 11 is 0. The summed E-state index contributed by atoms with van der Waals surface area (Å²) in [4.78, 5) is 52.8. The molecule has 0 radical (unpaired) electrons. The van der Waals surface area contributed by atoms with Crippen molar-refractivity contribution in [2.75, 3.05) is 19.6 Å². The summed E-state index contributed by atoms with van der Waals surface area (Å²) in [7, 11) is 0. The average Bonchev–Trinajstić information content (AvgIpc) is 3.01. The molecule has 2 aliphatic rings. The summed E-state index contributed by atoms with van der Waals surface area (Å²) in [6.07, 6.45) is 1.26. The molecule has 1 saturated heterocycles. The Labute approximate surface area is 181 Å². The Morgan fingerprint density at radius 2 is 1.55 bits per heavy atom. The molecule has 0 aromatic heterocycles. The molecule has 31 heavy (non-hydrogen) atoms. The van der Waals surface area contributed by atoms with Crippen molar-refractivity contribution in [1.82, 2.24) is 15.1 Å². The highest BCUT2D eigenvalue weighted by Gasteiger charge is 2.37. The van der Waals surface area contributed by atoms with Gasteiger partial charge in [-0.2, -0.15) is 0 Å². The van der Waals surface area contributed by atoms with Crippen molar-refractivity contribution in [3.05, 3.63) is 70.3 Å². The number of nitrogens with zero attached hydrogens (tertiary/aromatic N) is 2. The van der Waals surface area contributed by atoms with Crippen molar-refractivity contribution < 1.29 is 19.2 Å². The summed E-state index contributed by atoms with van der Waals surface area (Å²) < 4.78 is 0. The highest BCUT2D eigenvalue weighted by atomic mass is 16.2. The molecule has 0 aliphatic carbocycles. The Balaban J connectivity index is 1.30. The minimum absolute atomic E-state index is 0.0162. The number of likely N-dealkylation sites (tertiary alicyclic amines) is 1. The van der Waals surface area contributed by atoms with Gasteiger partial charge in [-0.1, -0.05) is 18.2 Å². The van der Waals surface area contributed by atoms with Crippen LogP contribution in [-0.4, -0.2) is 59.1 Å². The molecule has 2 aliphatic heterocycles. The van der Waals surface area contributed by atoms with E-state index < -0.39 is 11.8 Å². The number of fused-ring (bicyclic) bond motifs is 1. The highest BCUT2D eigenvalue weighted by Crippen LogP contribution is 2.23. The molecular formula is C24H25N3O4. The lowest BCUT2D eigenvalue weighted by atomic mass is 10.0. The second-order valence-corrected chi connectivity index (χ2v) is 8.17. The van der Waals surface area contributed by atoms with E-state index in [0.717, 1.165) is 16.0 Å². The van der Waals surface area contributed by atoms with E-state index in [0.29, 0.717) is 42.6 Å². The van der Waals surface area contributed by atoms with Gasteiger partial charge in [0, 0.05) is 24.7 Å². The molecule has 160 valence electrons. The first kappa shape index (κ1) is 20.8. The topological polar surface area (TPSA) is 86.8 Å². The van der Waals surface area contributed by atoms with Crippen LogP contribution >= 0.6 is 0 Å². The molecule has 1 fully saturated rings. The zero-order chi connectivity index (χ0) is 22.1. The monoisotopic (exact) mass is 419 g/mol. The maximum Gasteiger partial charge on any atom is 0.262 e. The fourth-order valence-corrected chi connectivity index (χ4v) is 4.04. The van der Waals surface area contributed by atoms with Crippen LogP contribution in [0.1, 0.15) is 55.0 Å². The molecule has 2 aromatic carbocycles. The van der Waals surface area contributed by atoms with Crippen LogP contribution in [0.15, 0.2) is 42.5 Å². The molecule has 0 spiro atoms. The molecule has 0 bridgehead atoms. The largest absolute Gasteiger partial charge is 0.349 e. The SMILES string of the molecule is Cc1ccc(C(=O)NC2CCN(C(=O)CN3C(=O)c4ccccc4C3=O)CC2)cc1C. The zero-order valence-corrected chi connectivity index (χ0v) is 17.7. The van der Waals surface area contributed by atoms with Gasteiger partial charge in [-0.15, -0.1) is 0 Å². The fourth-order valence-electron chi connectivity index (χ4n) is 4.04. The fraction of sp³-hybridized carbons (Fsp3) is 0.333. The first-order valence-electron chi connectivity index (χ1n) is 10.5. The minimum Gasteiger partial charge on any atom is -0.349 e. The zero-order valence-electron chi connectivity index (χ0n) is 17.7. The van der Waals surface area contributed by atoms with Gasteiger partial charge in [0.05, 0.1) is 11.1 Å². The van der Waals surface area contributed by atoms with Gasteiger partial charge in [-0.25, -0.2) is 0 Å². The predicted molar refractivity (Wildman–Crippen MR) is 115 cm³/mol. The van der Waals surface area contributed by atoms with E-state index >= 15 is 0 Å². The Morgan fingerprint density at radius 3 is 2.13 bits per heavy atom. The van der Waals surface area contributed by atoms with Gasteiger partial charge in [0.1, 0.15) is 6.54 Å². The van der Waals surface area contributed by atoms with Gasteiger partial charge in [-0.05, 0) is 62.1 Å². The number of amides is 4. The number of rotatable bonds is 4. The first-order chi connectivity index (χ1) is 14.8. The van der Waals surface area contributed by atoms with Crippen molar-refractivity contribution in [1.29, 1.82) is 0 Å². The third-order valence-corrected chi connectivity index (χ3v) is 6.12. The number of hydrogen-bond donors (Lipinski definition) is 1. The summed E-state index contributed by atoms with van der Waals surface area (Å²) in [6.45, 7) is 4.67. The van der Waals surface area contributed by atoms with Crippen LogP contribution in [0.3, 0.4) is 0 Å². The first-order valence-corrected chi connectivity index (χ1v) is 10.5. The van der Waals surface area contributed by atoms with Gasteiger partial charge >= 0.3 is 0 Å². The van der Waals surface area contributed by atoms with Gasteiger partial charge in [0.25, 0.3) is 17.7 Å². The number of aryl methyl sites for hydroxylation is 2. The van der Waals surface area contributed by atoms with E-state index in [1.54, 1.807) is 29.2 Å². The van der Waals surface area contributed by atoms with Gasteiger partial charge in [0.2, 0.25) is 5.91 Å². The number of imide groups is 1. The third-order valence-electron chi connectivity index (χ3n) is 6.12. The Morgan fingerprint density at radius 1 is 0.935 bits per heavy atom. The molecule has 2 aromatic rings. The van der Waals surface area contributed by atoms with Gasteiger partial charge in [0.15, 0.2) is 0 Å². The number of piperidine rings is 1. The van der Waals surface area contributed by atoms with E-state index in [1.165, 1.54) is 0 Å². The van der Waals surface area contributed by atoms with E-state index in [2.05, 4.69) is 5.32 Å². The summed E-state index contributed by atoms with van der Waals surface area (Å²) in [6, 6.07) is 12.2. The quantitative estimate of drug-likeness (QED) is 0.771. The minimum atomic E-state index is -0.426. The normalized spacial score (nSPS) is 16.5. The predicted octanol–water partition coefficient (Wildman–Crippen LogP) is 2.32. The summed E-state index contributed by atoms with van der Waals surface area (Å²) in [5.74, 6) is -1.22. The molecule has 4 amide bonds. The number of nitrogens with one attached hydrogen (secondary N) is 1. The number of carbonyl (C=O) groups excluding carboxylic acids is 4. The van der Waals surface area contributed by atoms with Crippen molar-refractivity contribution in [3.63, 3.8) is 0 Å². The van der Waals surface area contributed by atoms with E-state index in [-0.39, 0.29) is 24.4 Å². The van der Waals surface area contributed by atoms with Gasteiger partial charge < -0.3 is 10.2 Å². The molecule has 7 heteroatoms. The van der Waals surface area contributed by atoms with Crippen LogP contribution in [0, 0.1) is 13.8 Å². The Kier molecular flexibility index (Phi) is 5.59. The average molecular weight is 419 g/mol. The van der Waals surface area contributed by atoms with E-state index in [9.17, 15) is 19.2 Å². The number of hydrogen-bond acceptors (Lipinski definition) is 4. The summed E-state index contributed by atoms with van der Waals surface area (Å²) in [5, 5.41) is 3.04. The van der Waals surface area contributed by atoms with E-state index in [4.69, 9.17) is 0 Å². The lowest BCUT2D eigenvalue weighted by molar-refractivity contribution is -0.132. The third kappa shape index (κ3) is 4.08. The van der Waals surface area contributed by atoms with Crippen LogP contribution in [0.25, 0.3) is 0 Å². The highest BCUT2D eigenvalue weighted by molar-refractivity contribution is 6.22. The molecule has 0 atom stereocenters. The molecular weight excluding hydrogens is 394 g/mol. The molecule has 2 heterocycles. The second kappa shape index (κ2) is 8.34. The maximum absolute atomic E-state index is 12.7. The Hall–Kier alpha value is -3.48. The smallest absolute Gasteiger partial charge is 0.262 e. The second-order valence-electron chi connectivity index (χ2n) is 8.17. The molecule has 0 unspecified atom stereocenters. The van der Waals surface area contributed by atoms with Crippen molar-refractivity contribution in [2.24, 2.45) is 0 Å². The van der Waals surface area contributed by atoms with Crippen LogP contribution in [0.2, 0.25) is 0 Å². The van der Waals surface area contributed by atoms with Crippen molar-refractivity contribution in [3.8, 4) is 0 Å².